The number of allylic oxidation sites excluding steroid dienone is 11. The number of halogens is 1. The summed E-state index contributed by atoms with van der Waals surface area (Å²) in [6.45, 7) is 13.9. The van der Waals surface area contributed by atoms with Crippen molar-refractivity contribution in [3.63, 3.8) is 0 Å². The number of hydrogen-bond acceptors (Lipinski definition) is 0. The Morgan fingerprint density at radius 1 is 1.43 bits per heavy atom. The number of rotatable bonds is 5. The molecule has 0 spiro atoms. The first-order chi connectivity index (χ1) is 9.76. The largest absolute Gasteiger partial charge is 0.239 e. The van der Waals surface area contributed by atoms with Gasteiger partial charge in [0, 0.05) is 12.3 Å². The lowest BCUT2D eigenvalue weighted by atomic mass is 9.85. The van der Waals surface area contributed by atoms with Crippen LogP contribution >= 0.6 is 0 Å². The minimum Gasteiger partial charge on any atom is -0.239 e. The van der Waals surface area contributed by atoms with Crippen molar-refractivity contribution in [2.75, 3.05) is 0 Å². The molecule has 0 heterocycles. The van der Waals surface area contributed by atoms with Gasteiger partial charge in [0.05, 0.1) is 0 Å². The highest BCUT2D eigenvalue weighted by Gasteiger charge is 2.22. The van der Waals surface area contributed by atoms with E-state index < -0.39 is 5.67 Å². The molecular weight excluding hydrogens is 259 g/mol. The van der Waals surface area contributed by atoms with Crippen molar-refractivity contribution in [1.29, 1.82) is 0 Å². The van der Waals surface area contributed by atoms with Crippen LogP contribution in [0.15, 0.2) is 71.4 Å². The van der Waals surface area contributed by atoms with Crippen LogP contribution in [0.1, 0.15) is 41.0 Å². The van der Waals surface area contributed by atoms with E-state index in [2.05, 4.69) is 32.6 Å². The van der Waals surface area contributed by atoms with Gasteiger partial charge in [-0.25, -0.2) is 4.39 Å². The van der Waals surface area contributed by atoms with Gasteiger partial charge in [0.25, 0.3) is 0 Å². The Kier molecular flexibility index (Phi) is 6.14. The van der Waals surface area contributed by atoms with E-state index in [1.165, 1.54) is 11.1 Å². The van der Waals surface area contributed by atoms with Crippen molar-refractivity contribution < 1.29 is 4.39 Å². The van der Waals surface area contributed by atoms with Crippen LogP contribution in [0.5, 0.6) is 0 Å². The van der Waals surface area contributed by atoms with Crippen molar-refractivity contribution >= 4 is 0 Å². The van der Waals surface area contributed by atoms with Crippen molar-refractivity contribution in [2.45, 2.75) is 46.7 Å². The van der Waals surface area contributed by atoms with Gasteiger partial charge in [-0.1, -0.05) is 61.1 Å². The Labute approximate surface area is 129 Å². The van der Waals surface area contributed by atoms with E-state index in [1.807, 2.05) is 38.2 Å². The molecule has 1 rings (SSSR count). The first-order valence-electron chi connectivity index (χ1n) is 7.52. The molecule has 0 amide bonds. The van der Waals surface area contributed by atoms with Crippen molar-refractivity contribution in [3.8, 4) is 0 Å². The molecule has 114 valence electrons. The molecule has 0 radical (unpaired) electrons. The van der Waals surface area contributed by atoms with Crippen LogP contribution in [0.4, 0.5) is 4.39 Å². The lowest BCUT2D eigenvalue weighted by Gasteiger charge is -2.23. The molecule has 0 aromatic rings. The van der Waals surface area contributed by atoms with Crippen LogP contribution in [0.2, 0.25) is 0 Å². The molecule has 0 aromatic carbocycles. The Morgan fingerprint density at radius 2 is 2.10 bits per heavy atom. The maximum absolute atomic E-state index is 13.8. The zero-order valence-electron chi connectivity index (χ0n) is 13.9. The number of alkyl halides is 1. The summed E-state index contributed by atoms with van der Waals surface area (Å²) < 4.78 is 13.8. The highest BCUT2D eigenvalue weighted by molar-refractivity contribution is 5.43. The van der Waals surface area contributed by atoms with Crippen molar-refractivity contribution in [1.82, 2.24) is 0 Å². The maximum atomic E-state index is 13.8. The smallest absolute Gasteiger partial charge is 0.130 e. The third kappa shape index (κ3) is 5.34. The molecule has 0 saturated heterocycles. The second kappa shape index (κ2) is 7.40. The molecule has 1 aliphatic carbocycles. The van der Waals surface area contributed by atoms with Gasteiger partial charge in [-0.15, -0.1) is 0 Å². The lowest BCUT2D eigenvalue weighted by molar-refractivity contribution is 0.258. The first-order valence-corrected chi connectivity index (χ1v) is 7.52. The average Bonchev–Trinajstić information content (AvgIpc) is 2.42. The molecule has 0 aliphatic heterocycles. The van der Waals surface area contributed by atoms with E-state index in [4.69, 9.17) is 0 Å². The summed E-state index contributed by atoms with van der Waals surface area (Å²) in [5, 5.41) is 0. The van der Waals surface area contributed by atoms with E-state index in [0.29, 0.717) is 6.42 Å². The van der Waals surface area contributed by atoms with Crippen LogP contribution in [0, 0.1) is 5.92 Å². The summed E-state index contributed by atoms with van der Waals surface area (Å²) in [7, 11) is 0. The van der Waals surface area contributed by atoms with Crippen LogP contribution in [0.3, 0.4) is 0 Å². The molecule has 2 unspecified atom stereocenters. The van der Waals surface area contributed by atoms with Crippen LogP contribution in [0.25, 0.3) is 0 Å². The van der Waals surface area contributed by atoms with Gasteiger partial charge in [0.15, 0.2) is 0 Å². The van der Waals surface area contributed by atoms with E-state index in [1.54, 1.807) is 13.0 Å². The second-order valence-corrected chi connectivity index (χ2v) is 6.06. The van der Waals surface area contributed by atoms with Gasteiger partial charge in [0.2, 0.25) is 0 Å². The Balaban J connectivity index is 2.94. The number of hydrogen-bond donors (Lipinski definition) is 0. The van der Waals surface area contributed by atoms with Crippen molar-refractivity contribution in [2.24, 2.45) is 5.92 Å². The Morgan fingerprint density at radius 3 is 2.57 bits per heavy atom. The molecule has 1 aliphatic rings. The van der Waals surface area contributed by atoms with E-state index in [0.717, 1.165) is 11.1 Å². The first kappa shape index (κ1) is 17.4. The highest BCUT2D eigenvalue weighted by atomic mass is 19.1. The van der Waals surface area contributed by atoms with Gasteiger partial charge in [-0.3, -0.25) is 0 Å². The molecule has 21 heavy (non-hydrogen) atoms. The topological polar surface area (TPSA) is 0 Å². The zero-order chi connectivity index (χ0) is 16.0. The zero-order valence-corrected chi connectivity index (χ0v) is 13.9. The quantitative estimate of drug-likeness (QED) is 0.523. The minimum atomic E-state index is -1.20. The Hall–Kier alpha value is -1.63. The summed E-state index contributed by atoms with van der Waals surface area (Å²) in [5.41, 5.74) is 3.42. The standard InChI is InChI=1S/C20H27F/c1-7-8-9-19(15(2)3)14-16(4)17(5)18-10-12-20(6,21)13-11-18/h7-12,14,17H,2,13H2,1,3-6H3/b8-7+,16-14-,19-9+. The fourth-order valence-electron chi connectivity index (χ4n) is 2.19. The van der Waals surface area contributed by atoms with Gasteiger partial charge in [-0.05, 0) is 44.9 Å². The predicted octanol–water partition coefficient (Wildman–Crippen LogP) is 6.26. The fraction of sp³-hybridized carbons (Fsp3) is 0.400. The van der Waals surface area contributed by atoms with Gasteiger partial charge < -0.3 is 0 Å². The normalized spacial score (nSPS) is 25.1. The van der Waals surface area contributed by atoms with Crippen LogP contribution in [-0.4, -0.2) is 5.67 Å². The summed E-state index contributed by atoms with van der Waals surface area (Å²) in [6.07, 6.45) is 14.3. The maximum Gasteiger partial charge on any atom is 0.130 e. The molecular formula is C20H27F. The summed E-state index contributed by atoms with van der Waals surface area (Å²) >= 11 is 0. The minimum absolute atomic E-state index is 0.283. The van der Waals surface area contributed by atoms with Crippen LogP contribution in [-0.2, 0) is 0 Å². The summed E-state index contributed by atoms with van der Waals surface area (Å²) in [6, 6.07) is 0. The highest BCUT2D eigenvalue weighted by Crippen LogP contribution is 2.31. The second-order valence-electron chi connectivity index (χ2n) is 6.06. The van der Waals surface area contributed by atoms with Crippen molar-refractivity contribution in [3.05, 3.63) is 71.4 Å². The van der Waals surface area contributed by atoms with Gasteiger partial charge in [0.1, 0.15) is 5.67 Å². The fourth-order valence-corrected chi connectivity index (χ4v) is 2.19. The molecule has 2 atom stereocenters. The van der Waals surface area contributed by atoms with Gasteiger partial charge >= 0.3 is 0 Å². The monoisotopic (exact) mass is 286 g/mol. The van der Waals surface area contributed by atoms with E-state index in [9.17, 15) is 4.39 Å². The SMILES string of the molecule is C=C(C)C(/C=C(/C)C(C)C1=CCC(C)(F)C=C1)=C/C=C/C. The predicted molar refractivity (Wildman–Crippen MR) is 92.0 cm³/mol. The van der Waals surface area contributed by atoms with E-state index in [-0.39, 0.29) is 5.92 Å². The van der Waals surface area contributed by atoms with Crippen LogP contribution < -0.4 is 0 Å². The van der Waals surface area contributed by atoms with Gasteiger partial charge in [-0.2, -0.15) is 0 Å². The molecule has 0 nitrogen and oxygen atoms in total. The molecule has 0 saturated carbocycles. The molecule has 0 aromatic heterocycles. The molecule has 1 heteroatoms. The summed E-state index contributed by atoms with van der Waals surface area (Å²) in [4.78, 5) is 0. The molecule has 0 fully saturated rings. The van der Waals surface area contributed by atoms with E-state index >= 15 is 0 Å². The molecule has 0 N–H and O–H groups in total. The third-order valence-electron chi connectivity index (χ3n) is 3.89. The Bertz CT molecular complexity index is 536. The lowest BCUT2D eigenvalue weighted by Crippen LogP contribution is -2.17. The molecule has 0 bridgehead atoms. The average molecular weight is 286 g/mol. The third-order valence-corrected chi connectivity index (χ3v) is 3.89. The summed E-state index contributed by atoms with van der Waals surface area (Å²) in [5.74, 6) is 0.283.